The molecule has 0 aliphatic heterocycles. The average Bonchev–Trinajstić information content (AvgIpc) is 2.43. The van der Waals surface area contributed by atoms with E-state index in [1.165, 1.54) is 4.90 Å². The molecule has 0 saturated carbocycles. The third-order valence-corrected chi connectivity index (χ3v) is 2.78. The van der Waals surface area contributed by atoms with E-state index in [1.54, 1.807) is 20.8 Å². The van der Waals surface area contributed by atoms with Gasteiger partial charge >= 0.3 is 6.09 Å². The molecule has 0 fully saturated rings. The van der Waals surface area contributed by atoms with E-state index in [2.05, 4.69) is 5.92 Å². The van der Waals surface area contributed by atoms with Gasteiger partial charge in [0.2, 0.25) is 0 Å². The van der Waals surface area contributed by atoms with Crippen molar-refractivity contribution in [3.05, 3.63) is 35.9 Å². The van der Waals surface area contributed by atoms with Crippen molar-refractivity contribution in [2.24, 2.45) is 0 Å². The Morgan fingerprint density at radius 2 is 1.86 bits per heavy atom. The summed E-state index contributed by atoms with van der Waals surface area (Å²) in [5.41, 5.74) is 0.339. The van der Waals surface area contributed by atoms with Gasteiger partial charge in [0.1, 0.15) is 5.60 Å². The molecule has 0 aliphatic carbocycles. The van der Waals surface area contributed by atoms with Gasteiger partial charge in [-0.15, -0.1) is 12.3 Å². The number of ether oxygens (including phenoxy) is 1. The van der Waals surface area contributed by atoms with Gasteiger partial charge in [-0.1, -0.05) is 30.3 Å². The molecule has 1 aromatic rings. The van der Waals surface area contributed by atoms with Crippen LogP contribution in [0, 0.1) is 12.3 Å². The Balaban J connectivity index is 2.78. The lowest BCUT2D eigenvalue weighted by molar-refractivity contribution is -0.120. The lowest BCUT2D eigenvalue weighted by Crippen LogP contribution is -2.39. The van der Waals surface area contributed by atoms with Crippen molar-refractivity contribution in [1.82, 2.24) is 4.90 Å². The Labute approximate surface area is 132 Å². The number of Topliss-reactive ketones (excluding diaryl/α,β-unsaturated/α-hetero) is 1. The number of hydrogen-bond donors (Lipinski definition) is 0. The van der Waals surface area contributed by atoms with E-state index in [4.69, 9.17) is 11.2 Å². The number of ketones is 1. The highest BCUT2D eigenvalue weighted by Crippen LogP contribution is 2.13. The van der Waals surface area contributed by atoms with Gasteiger partial charge in [-0.2, -0.15) is 0 Å². The van der Waals surface area contributed by atoms with Crippen LogP contribution < -0.4 is 0 Å². The second kappa shape index (κ2) is 8.23. The van der Waals surface area contributed by atoms with Crippen LogP contribution in [0.1, 0.15) is 39.2 Å². The smallest absolute Gasteiger partial charge is 0.410 e. The van der Waals surface area contributed by atoms with E-state index in [1.807, 2.05) is 30.3 Å². The summed E-state index contributed by atoms with van der Waals surface area (Å²) in [7, 11) is 0. The highest BCUT2D eigenvalue weighted by atomic mass is 16.6. The van der Waals surface area contributed by atoms with Crippen LogP contribution in [0.25, 0.3) is 0 Å². The van der Waals surface area contributed by atoms with Crippen LogP contribution in [0.2, 0.25) is 0 Å². The lowest BCUT2D eigenvalue weighted by Gasteiger charge is -2.27. The van der Waals surface area contributed by atoms with Crippen molar-refractivity contribution >= 4 is 11.9 Å². The first-order valence-corrected chi connectivity index (χ1v) is 7.29. The first-order chi connectivity index (χ1) is 10.3. The van der Waals surface area contributed by atoms with E-state index >= 15 is 0 Å². The molecule has 4 heteroatoms. The summed E-state index contributed by atoms with van der Waals surface area (Å²) in [5, 5.41) is 0. The second-order valence-electron chi connectivity index (χ2n) is 6.06. The van der Waals surface area contributed by atoms with Gasteiger partial charge in [0.05, 0.1) is 6.54 Å². The second-order valence-corrected chi connectivity index (χ2v) is 6.06. The number of nitrogens with zero attached hydrogens (tertiary/aromatic N) is 1. The van der Waals surface area contributed by atoms with Crippen LogP contribution in [-0.2, 0) is 16.1 Å². The lowest BCUT2D eigenvalue weighted by atomic mass is 10.2. The summed E-state index contributed by atoms with van der Waals surface area (Å²) in [4.78, 5) is 25.6. The number of carbonyl (C=O) groups excluding carboxylic acids is 2. The summed E-state index contributed by atoms with van der Waals surface area (Å²) in [5.74, 6) is 2.36. The Bertz CT molecular complexity index is 538. The summed E-state index contributed by atoms with van der Waals surface area (Å²) in [6, 6.07) is 9.50. The van der Waals surface area contributed by atoms with Crippen molar-refractivity contribution in [3.8, 4) is 12.3 Å². The van der Waals surface area contributed by atoms with Gasteiger partial charge in [-0.05, 0) is 26.3 Å². The molecule has 0 bridgehead atoms. The molecule has 0 spiro atoms. The predicted molar refractivity (Wildman–Crippen MR) is 86.2 cm³/mol. The maximum absolute atomic E-state index is 12.3. The van der Waals surface area contributed by atoms with Crippen LogP contribution in [-0.4, -0.2) is 28.9 Å². The number of carbonyl (C=O) groups is 2. The summed E-state index contributed by atoms with van der Waals surface area (Å²) in [6.45, 7) is 5.73. The molecule has 0 unspecified atom stereocenters. The Morgan fingerprint density at radius 3 is 2.41 bits per heavy atom. The molecule has 0 aromatic heterocycles. The third kappa shape index (κ3) is 6.94. The molecule has 0 heterocycles. The van der Waals surface area contributed by atoms with Gasteiger partial charge in [0.25, 0.3) is 0 Å². The minimum Gasteiger partial charge on any atom is -0.444 e. The summed E-state index contributed by atoms with van der Waals surface area (Å²) in [6.07, 6.45) is 5.32. The molecule has 1 aromatic carbocycles. The molecule has 1 rings (SSSR count). The van der Waals surface area contributed by atoms with Gasteiger partial charge in [-0.25, -0.2) is 4.79 Å². The first kappa shape index (κ1) is 17.8. The minimum absolute atomic E-state index is 0.00544. The zero-order valence-electron chi connectivity index (χ0n) is 13.5. The molecule has 0 radical (unpaired) electrons. The Hall–Kier alpha value is -2.28. The van der Waals surface area contributed by atoms with Crippen LogP contribution in [0.3, 0.4) is 0 Å². The molecule has 118 valence electrons. The predicted octanol–water partition coefficient (Wildman–Crippen LogP) is 3.41. The van der Waals surface area contributed by atoms with Gasteiger partial charge in [0, 0.05) is 19.4 Å². The van der Waals surface area contributed by atoms with Crippen molar-refractivity contribution in [2.45, 2.75) is 45.8 Å². The zero-order chi connectivity index (χ0) is 16.6. The summed E-state index contributed by atoms with van der Waals surface area (Å²) >= 11 is 0. The standard InChI is InChI=1S/C18H23NO3/c1-5-6-12-16(20)14-19(17(21)22-18(2,3)4)13-15-10-8-7-9-11-15/h1,7-11H,6,12-14H2,2-4H3. The largest absolute Gasteiger partial charge is 0.444 e. The topological polar surface area (TPSA) is 46.6 Å². The normalized spacial score (nSPS) is 10.6. The zero-order valence-corrected chi connectivity index (χ0v) is 13.5. The maximum atomic E-state index is 12.3. The van der Waals surface area contributed by atoms with Crippen LogP contribution in [0.15, 0.2) is 30.3 Å². The molecule has 0 saturated heterocycles. The molecule has 0 aliphatic rings. The van der Waals surface area contributed by atoms with E-state index in [0.717, 1.165) is 5.56 Å². The van der Waals surface area contributed by atoms with E-state index < -0.39 is 11.7 Å². The molecule has 22 heavy (non-hydrogen) atoms. The monoisotopic (exact) mass is 301 g/mol. The van der Waals surface area contributed by atoms with Crippen molar-refractivity contribution in [1.29, 1.82) is 0 Å². The van der Waals surface area contributed by atoms with Crippen LogP contribution >= 0.6 is 0 Å². The SMILES string of the molecule is C#CCCC(=O)CN(Cc1ccccc1)C(=O)OC(C)(C)C. The number of terminal acetylenes is 1. The van der Waals surface area contributed by atoms with Gasteiger partial charge in [-0.3, -0.25) is 9.69 Å². The van der Waals surface area contributed by atoms with Crippen molar-refractivity contribution in [2.75, 3.05) is 6.54 Å². The van der Waals surface area contributed by atoms with Crippen LogP contribution in [0.4, 0.5) is 4.79 Å². The van der Waals surface area contributed by atoms with E-state index in [0.29, 0.717) is 13.0 Å². The maximum Gasteiger partial charge on any atom is 0.410 e. The summed E-state index contributed by atoms with van der Waals surface area (Å²) < 4.78 is 5.37. The highest BCUT2D eigenvalue weighted by molar-refractivity contribution is 5.84. The number of benzene rings is 1. The van der Waals surface area contributed by atoms with E-state index in [-0.39, 0.29) is 18.7 Å². The van der Waals surface area contributed by atoms with Crippen molar-refractivity contribution in [3.63, 3.8) is 0 Å². The van der Waals surface area contributed by atoms with Crippen molar-refractivity contribution < 1.29 is 14.3 Å². The van der Waals surface area contributed by atoms with Gasteiger partial charge in [0.15, 0.2) is 5.78 Å². The highest BCUT2D eigenvalue weighted by Gasteiger charge is 2.23. The Kier molecular flexibility index (Phi) is 6.65. The third-order valence-electron chi connectivity index (χ3n) is 2.78. The number of amides is 1. The van der Waals surface area contributed by atoms with Crippen LogP contribution in [0.5, 0.6) is 0 Å². The number of rotatable bonds is 6. The molecular formula is C18H23NO3. The quantitative estimate of drug-likeness (QED) is 0.756. The molecule has 0 atom stereocenters. The molecule has 1 amide bonds. The average molecular weight is 301 g/mol. The molecule has 0 N–H and O–H groups in total. The minimum atomic E-state index is -0.603. The van der Waals surface area contributed by atoms with Gasteiger partial charge < -0.3 is 4.74 Å². The Morgan fingerprint density at radius 1 is 1.23 bits per heavy atom. The van der Waals surface area contributed by atoms with E-state index in [9.17, 15) is 9.59 Å². The molecular weight excluding hydrogens is 278 g/mol. The number of hydrogen-bond acceptors (Lipinski definition) is 3. The fourth-order valence-corrected chi connectivity index (χ4v) is 1.82. The fourth-order valence-electron chi connectivity index (χ4n) is 1.82. The first-order valence-electron chi connectivity index (χ1n) is 7.29. The fraction of sp³-hybridized carbons (Fsp3) is 0.444. The molecule has 4 nitrogen and oxygen atoms in total.